The van der Waals surface area contributed by atoms with Gasteiger partial charge in [0, 0.05) is 24.0 Å². The average Bonchev–Trinajstić information content (AvgIpc) is 3.19. The Labute approximate surface area is 172 Å². The van der Waals surface area contributed by atoms with Crippen molar-refractivity contribution in [2.45, 2.75) is 6.92 Å². The summed E-state index contributed by atoms with van der Waals surface area (Å²) in [5.41, 5.74) is 13.0. The Morgan fingerprint density at radius 2 is 1.53 bits per heavy atom. The van der Waals surface area contributed by atoms with E-state index < -0.39 is 0 Å². The zero-order chi connectivity index (χ0) is 21.5. The summed E-state index contributed by atoms with van der Waals surface area (Å²) in [4.78, 5) is 24.4. The molecule has 2 aromatic carbocycles. The largest absolute Gasteiger partial charge is 0.451 e. The molecule has 2 amide bonds. The first-order chi connectivity index (χ1) is 14.4. The van der Waals surface area contributed by atoms with E-state index >= 15 is 0 Å². The highest BCUT2D eigenvalue weighted by Gasteiger charge is 2.12. The van der Waals surface area contributed by atoms with Gasteiger partial charge in [-0.3, -0.25) is 9.59 Å². The van der Waals surface area contributed by atoms with Crippen molar-refractivity contribution in [1.29, 1.82) is 0 Å². The van der Waals surface area contributed by atoms with Crippen LogP contribution in [0, 0.1) is 0 Å². The molecule has 1 aromatic heterocycles. The maximum Gasteiger partial charge on any atom is 0.287 e. The van der Waals surface area contributed by atoms with Crippen molar-refractivity contribution in [3.63, 3.8) is 0 Å². The molecule has 6 N–H and O–H groups in total. The molecule has 0 radical (unpaired) electrons. The molecule has 0 saturated carbocycles. The fourth-order valence-corrected chi connectivity index (χ4v) is 2.69. The molecule has 3 rings (SSSR count). The van der Waals surface area contributed by atoms with Gasteiger partial charge < -0.3 is 26.5 Å². The summed E-state index contributed by atoms with van der Waals surface area (Å²) >= 11 is 0. The van der Waals surface area contributed by atoms with E-state index in [-0.39, 0.29) is 36.6 Å². The van der Waals surface area contributed by atoms with Crippen molar-refractivity contribution in [3.8, 4) is 0 Å². The molecule has 0 fully saturated rings. The molecule has 9 heteroatoms. The summed E-state index contributed by atoms with van der Waals surface area (Å²) in [5.74, 6) is -0.479. The minimum absolute atomic E-state index is 0.127. The molecule has 0 aliphatic carbocycles. The number of amides is 2. The highest BCUT2D eigenvalue weighted by molar-refractivity contribution is 6.01. The normalized spacial score (nSPS) is 11.2. The summed E-state index contributed by atoms with van der Waals surface area (Å²) in [6.07, 6.45) is 0. The molecule has 0 bridgehead atoms. The second kappa shape index (κ2) is 9.37. The Balaban J connectivity index is 1.48. The number of nitrogens with zero attached hydrogens (tertiary/aromatic N) is 2. The highest BCUT2D eigenvalue weighted by atomic mass is 16.3. The number of rotatable bonds is 7. The van der Waals surface area contributed by atoms with Crippen LogP contribution in [-0.2, 0) is 0 Å². The van der Waals surface area contributed by atoms with Gasteiger partial charge in [0.05, 0.1) is 5.71 Å². The number of para-hydroxylation sites is 1. The monoisotopic (exact) mass is 406 g/mol. The maximum absolute atomic E-state index is 12.2. The number of hydrogen-bond acceptors (Lipinski definition) is 5. The first-order valence-electron chi connectivity index (χ1n) is 9.22. The summed E-state index contributed by atoms with van der Waals surface area (Å²) in [6.45, 7) is 2.30. The van der Waals surface area contributed by atoms with Crippen LogP contribution in [-0.4, -0.2) is 36.6 Å². The van der Waals surface area contributed by atoms with E-state index in [1.54, 1.807) is 43.3 Å². The minimum atomic E-state index is -0.333. The first kappa shape index (κ1) is 20.6. The molecule has 3 aromatic rings. The third-order valence-electron chi connectivity index (χ3n) is 4.23. The number of carbonyl (C=O) groups excluding carboxylic acids is 2. The topological polar surface area (TPSA) is 148 Å². The lowest BCUT2D eigenvalue weighted by Crippen LogP contribution is -2.34. The third-order valence-corrected chi connectivity index (χ3v) is 4.23. The van der Waals surface area contributed by atoms with Crippen molar-refractivity contribution in [2.75, 3.05) is 13.1 Å². The van der Waals surface area contributed by atoms with Crippen molar-refractivity contribution in [2.24, 2.45) is 21.7 Å². The van der Waals surface area contributed by atoms with Crippen molar-refractivity contribution >= 4 is 34.5 Å². The zero-order valence-corrected chi connectivity index (χ0v) is 16.4. The highest BCUT2D eigenvalue weighted by Crippen LogP contribution is 2.18. The standard InChI is InChI=1S/C21H22N6O3/c1-13(26-27-21(22)23)14-6-8-15(9-7-14)19(28)24-10-11-25-20(29)18-12-16-4-2-3-5-17(16)30-18/h2-9,12H,10-11H2,1H3,(H,24,28)(H,25,29)(H4,22,23,27). The van der Waals surface area contributed by atoms with Crippen LogP contribution in [0.1, 0.15) is 33.4 Å². The Bertz CT molecular complexity index is 1080. The molecule has 30 heavy (non-hydrogen) atoms. The van der Waals surface area contributed by atoms with E-state index in [0.29, 0.717) is 16.9 Å². The van der Waals surface area contributed by atoms with Crippen LogP contribution in [0.4, 0.5) is 0 Å². The van der Waals surface area contributed by atoms with Crippen molar-refractivity contribution < 1.29 is 14.0 Å². The van der Waals surface area contributed by atoms with Gasteiger partial charge in [-0.15, -0.1) is 5.10 Å². The van der Waals surface area contributed by atoms with Crippen LogP contribution in [0.5, 0.6) is 0 Å². The van der Waals surface area contributed by atoms with Crippen LogP contribution < -0.4 is 22.1 Å². The van der Waals surface area contributed by atoms with E-state index in [1.165, 1.54) is 0 Å². The van der Waals surface area contributed by atoms with Gasteiger partial charge in [-0.25, -0.2) is 0 Å². The molecule has 9 nitrogen and oxygen atoms in total. The number of nitrogens with two attached hydrogens (primary N) is 2. The molecular weight excluding hydrogens is 384 g/mol. The molecule has 0 aliphatic rings. The predicted octanol–water partition coefficient (Wildman–Crippen LogP) is 1.59. The fourth-order valence-electron chi connectivity index (χ4n) is 2.69. The molecule has 0 aliphatic heterocycles. The van der Waals surface area contributed by atoms with Gasteiger partial charge in [0.15, 0.2) is 5.76 Å². The maximum atomic E-state index is 12.2. The number of benzene rings is 2. The lowest BCUT2D eigenvalue weighted by Gasteiger charge is -2.07. The number of hydrogen-bond donors (Lipinski definition) is 4. The Morgan fingerprint density at radius 1 is 0.900 bits per heavy atom. The molecule has 154 valence electrons. The van der Waals surface area contributed by atoms with E-state index in [0.717, 1.165) is 10.9 Å². The van der Waals surface area contributed by atoms with Gasteiger partial charge in [-0.2, -0.15) is 5.10 Å². The summed E-state index contributed by atoms with van der Waals surface area (Å²) in [6, 6.07) is 15.9. The molecular formula is C21H22N6O3. The lowest BCUT2D eigenvalue weighted by atomic mass is 10.1. The lowest BCUT2D eigenvalue weighted by molar-refractivity contribution is 0.0912. The van der Waals surface area contributed by atoms with Crippen LogP contribution in [0.15, 0.2) is 69.2 Å². The second-order valence-electron chi connectivity index (χ2n) is 6.45. The summed E-state index contributed by atoms with van der Waals surface area (Å²) in [5, 5.41) is 13.8. The average molecular weight is 406 g/mol. The van der Waals surface area contributed by atoms with Crippen molar-refractivity contribution in [1.82, 2.24) is 10.6 Å². The molecule has 0 saturated heterocycles. The fraction of sp³-hybridized carbons (Fsp3) is 0.143. The van der Waals surface area contributed by atoms with E-state index in [2.05, 4.69) is 20.8 Å². The first-order valence-corrected chi connectivity index (χ1v) is 9.22. The van der Waals surface area contributed by atoms with Crippen LogP contribution >= 0.6 is 0 Å². The van der Waals surface area contributed by atoms with Crippen LogP contribution in [0.3, 0.4) is 0 Å². The van der Waals surface area contributed by atoms with Gasteiger partial charge in [-0.1, -0.05) is 30.3 Å². The van der Waals surface area contributed by atoms with Gasteiger partial charge in [0.25, 0.3) is 11.8 Å². The Morgan fingerprint density at radius 3 is 2.20 bits per heavy atom. The second-order valence-corrected chi connectivity index (χ2v) is 6.45. The number of nitrogens with one attached hydrogen (secondary N) is 2. The van der Waals surface area contributed by atoms with Crippen molar-refractivity contribution in [3.05, 3.63) is 71.5 Å². The SMILES string of the molecule is CC(=NN=C(N)N)c1ccc(C(=O)NCCNC(=O)c2cc3ccccc3o2)cc1. The van der Waals surface area contributed by atoms with E-state index in [4.69, 9.17) is 15.9 Å². The molecule has 1 heterocycles. The number of guanidine groups is 1. The Hall–Kier alpha value is -4.14. The van der Waals surface area contributed by atoms with Gasteiger partial charge in [0.1, 0.15) is 5.58 Å². The zero-order valence-electron chi connectivity index (χ0n) is 16.4. The van der Waals surface area contributed by atoms with Crippen LogP contribution in [0.25, 0.3) is 11.0 Å². The number of furan rings is 1. The summed E-state index contributed by atoms with van der Waals surface area (Å²) < 4.78 is 5.51. The summed E-state index contributed by atoms with van der Waals surface area (Å²) in [7, 11) is 0. The minimum Gasteiger partial charge on any atom is -0.451 e. The molecule has 0 atom stereocenters. The predicted molar refractivity (Wildman–Crippen MR) is 115 cm³/mol. The molecule has 0 unspecified atom stereocenters. The number of carbonyl (C=O) groups is 2. The van der Waals surface area contributed by atoms with E-state index in [1.807, 2.05) is 18.2 Å². The Kier molecular flexibility index (Phi) is 6.43. The van der Waals surface area contributed by atoms with Crippen LogP contribution in [0.2, 0.25) is 0 Å². The van der Waals surface area contributed by atoms with Gasteiger partial charge in [-0.05, 0) is 36.8 Å². The van der Waals surface area contributed by atoms with E-state index in [9.17, 15) is 9.59 Å². The third kappa shape index (κ3) is 5.22. The van der Waals surface area contributed by atoms with Gasteiger partial charge >= 0.3 is 0 Å². The molecule has 0 spiro atoms. The van der Waals surface area contributed by atoms with Gasteiger partial charge in [0.2, 0.25) is 5.96 Å². The smallest absolute Gasteiger partial charge is 0.287 e. The number of fused-ring (bicyclic) bond motifs is 1. The quantitative estimate of drug-likeness (QED) is 0.203.